The maximum atomic E-state index is 12.4. The standard InChI is InChI=1S/C18H24N4O5S2/c1-11(2)29(24,25)22-6-5-15-16(10-22)28-18(20-15)21-17(23)19-12-7-13(26-3)9-14(8-12)27-4/h7-9,11H,5-6,10H2,1-4H3,(H2,19,20,21,23). The Balaban J connectivity index is 1.69. The fraction of sp³-hybridized carbons (Fsp3) is 0.444. The van der Waals surface area contributed by atoms with Gasteiger partial charge in [-0.05, 0) is 13.8 Å². The van der Waals surface area contributed by atoms with Crippen LogP contribution in [-0.2, 0) is 23.0 Å². The Morgan fingerprint density at radius 2 is 1.83 bits per heavy atom. The van der Waals surface area contributed by atoms with Crippen molar-refractivity contribution in [2.24, 2.45) is 0 Å². The topological polar surface area (TPSA) is 110 Å². The normalized spacial score (nSPS) is 14.4. The zero-order chi connectivity index (χ0) is 21.2. The van der Waals surface area contributed by atoms with Crippen LogP contribution in [0.3, 0.4) is 0 Å². The van der Waals surface area contributed by atoms with E-state index >= 15 is 0 Å². The molecule has 1 aromatic carbocycles. The van der Waals surface area contributed by atoms with E-state index in [0.29, 0.717) is 35.3 Å². The van der Waals surface area contributed by atoms with Crippen LogP contribution in [0, 0.1) is 0 Å². The Morgan fingerprint density at radius 3 is 2.41 bits per heavy atom. The lowest BCUT2D eigenvalue weighted by molar-refractivity contribution is 0.262. The van der Waals surface area contributed by atoms with Crippen molar-refractivity contribution in [3.05, 3.63) is 28.8 Å². The van der Waals surface area contributed by atoms with Crippen LogP contribution in [0.2, 0.25) is 0 Å². The molecule has 0 spiro atoms. The fourth-order valence-corrected chi connectivity index (χ4v) is 5.23. The van der Waals surface area contributed by atoms with Crippen molar-refractivity contribution in [3.8, 4) is 11.5 Å². The molecule has 0 radical (unpaired) electrons. The smallest absolute Gasteiger partial charge is 0.325 e. The first kappa shape index (κ1) is 21.3. The molecule has 0 fully saturated rings. The highest BCUT2D eigenvalue weighted by Gasteiger charge is 2.31. The van der Waals surface area contributed by atoms with E-state index < -0.39 is 21.3 Å². The molecular formula is C18H24N4O5S2. The van der Waals surface area contributed by atoms with Crippen molar-refractivity contribution < 1.29 is 22.7 Å². The van der Waals surface area contributed by atoms with Crippen molar-refractivity contribution in [2.45, 2.75) is 32.1 Å². The van der Waals surface area contributed by atoms with E-state index in [9.17, 15) is 13.2 Å². The number of carbonyl (C=O) groups is 1. The average Bonchev–Trinajstić information content (AvgIpc) is 3.08. The zero-order valence-corrected chi connectivity index (χ0v) is 18.3. The molecule has 2 amide bonds. The summed E-state index contributed by atoms with van der Waals surface area (Å²) in [5.74, 6) is 1.10. The van der Waals surface area contributed by atoms with Crippen LogP contribution in [0.25, 0.3) is 0 Å². The average molecular weight is 441 g/mol. The number of anilines is 2. The minimum atomic E-state index is -3.32. The van der Waals surface area contributed by atoms with Crippen LogP contribution in [0.15, 0.2) is 18.2 Å². The molecule has 0 bridgehead atoms. The molecule has 29 heavy (non-hydrogen) atoms. The van der Waals surface area contributed by atoms with Crippen molar-refractivity contribution >= 4 is 38.2 Å². The van der Waals surface area contributed by atoms with E-state index in [1.165, 1.54) is 29.9 Å². The molecular weight excluding hydrogens is 416 g/mol. The van der Waals surface area contributed by atoms with Gasteiger partial charge in [-0.1, -0.05) is 11.3 Å². The largest absolute Gasteiger partial charge is 0.497 e. The van der Waals surface area contributed by atoms with E-state index in [-0.39, 0.29) is 6.54 Å². The molecule has 2 heterocycles. The van der Waals surface area contributed by atoms with E-state index in [2.05, 4.69) is 15.6 Å². The van der Waals surface area contributed by atoms with Crippen LogP contribution < -0.4 is 20.1 Å². The number of carbonyl (C=O) groups excluding carboxylic acids is 1. The Labute approximate surface area is 174 Å². The van der Waals surface area contributed by atoms with E-state index in [4.69, 9.17) is 9.47 Å². The van der Waals surface area contributed by atoms with Gasteiger partial charge in [0.25, 0.3) is 0 Å². The molecule has 0 saturated carbocycles. The number of benzene rings is 1. The van der Waals surface area contributed by atoms with Gasteiger partial charge in [0.05, 0.1) is 25.2 Å². The van der Waals surface area contributed by atoms with Gasteiger partial charge in [-0.3, -0.25) is 5.32 Å². The summed E-state index contributed by atoms with van der Waals surface area (Å²) in [7, 11) is -0.263. The number of nitrogens with one attached hydrogen (secondary N) is 2. The summed E-state index contributed by atoms with van der Waals surface area (Å²) in [6, 6.07) is 4.58. The highest BCUT2D eigenvalue weighted by molar-refractivity contribution is 7.89. The van der Waals surface area contributed by atoms with Crippen molar-refractivity contribution in [1.82, 2.24) is 9.29 Å². The molecule has 1 aliphatic heterocycles. The van der Waals surface area contributed by atoms with E-state index in [1.54, 1.807) is 32.0 Å². The van der Waals surface area contributed by atoms with E-state index in [0.717, 1.165) is 10.6 Å². The molecule has 2 N–H and O–H groups in total. The first-order valence-corrected chi connectivity index (χ1v) is 11.3. The first-order valence-electron chi connectivity index (χ1n) is 9.01. The lowest BCUT2D eigenvalue weighted by Gasteiger charge is -2.26. The molecule has 0 saturated heterocycles. The number of ether oxygens (including phenoxy) is 2. The maximum absolute atomic E-state index is 12.4. The van der Waals surface area contributed by atoms with Crippen molar-refractivity contribution in [2.75, 3.05) is 31.4 Å². The zero-order valence-electron chi connectivity index (χ0n) is 16.7. The number of nitrogens with zero attached hydrogens (tertiary/aromatic N) is 2. The van der Waals surface area contributed by atoms with Crippen LogP contribution in [0.4, 0.5) is 15.6 Å². The number of aromatic nitrogens is 1. The van der Waals surface area contributed by atoms with Crippen LogP contribution in [0.1, 0.15) is 24.4 Å². The van der Waals surface area contributed by atoms with Crippen LogP contribution >= 0.6 is 11.3 Å². The SMILES string of the molecule is COc1cc(NC(=O)Nc2nc3c(s2)CN(S(=O)(=O)C(C)C)CC3)cc(OC)c1. The summed E-state index contributed by atoms with van der Waals surface area (Å²) >= 11 is 1.28. The number of fused-ring (bicyclic) bond motifs is 1. The highest BCUT2D eigenvalue weighted by Crippen LogP contribution is 2.31. The Kier molecular flexibility index (Phi) is 6.30. The van der Waals surface area contributed by atoms with Crippen LogP contribution in [-0.4, -0.2) is 49.8 Å². The van der Waals surface area contributed by atoms with Gasteiger partial charge in [-0.15, -0.1) is 0 Å². The summed E-state index contributed by atoms with van der Waals surface area (Å²) < 4.78 is 36.7. The second-order valence-corrected chi connectivity index (χ2v) is 10.3. The summed E-state index contributed by atoms with van der Waals surface area (Å²) in [4.78, 5) is 17.6. The van der Waals surface area contributed by atoms with Gasteiger partial charge in [-0.2, -0.15) is 4.31 Å². The number of thiazole rings is 1. The van der Waals surface area contributed by atoms with Gasteiger partial charge >= 0.3 is 6.03 Å². The highest BCUT2D eigenvalue weighted by atomic mass is 32.2. The predicted molar refractivity (Wildman–Crippen MR) is 112 cm³/mol. The van der Waals surface area contributed by atoms with Gasteiger partial charge in [0.2, 0.25) is 10.0 Å². The Hall–Kier alpha value is -2.37. The van der Waals surface area contributed by atoms with Gasteiger partial charge in [-0.25, -0.2) is 18.2 Å². The lowest BCUT2D eigenvalue weighted by Crippen LogP contribution is -2.39. The van der Waals surface area contributed by atoms with E-state index in [1.807, 2.05) is 0 Å². The van der Waals surface area contributed by atoms with Gasteiger partial charge in [0.15, 0.2) is 5.13 Å². The molecule has 2 aromatic rings. The summed E-state index contributed by atoms with van der Waals surface area (Å²) in [6.07, 6.45) is 0.522. The predicted octanol–water partition coefficient (Wildman–Crippen LogP) is 2.90. The fourth-order valence-electron chi connectivity index (χ4n) is 2.88. The maximum Gasteiger partial charge on any atom is 0.325 e. The molecule has 3 rings (SSSR count). The Morgan fingerprint density at radius 1 is 1.17 bits per heavy atom. The molecule has 158 valence electrons. The molecule has 1 aliphatic rings. The second-order valence-electron chi connectivity index (χ2n) is 6.75. The van der Waals surface area contributed by atoms with Crippen LogP contribution in [0.5, 0.6) is 11.5 Å². The number of urea groups is 1. The minimum Gasteiger partial charge on any atom is -0.497 e. The number of amides is 2. The molecule has 0 unspecified atom stereocenters. The van der Waals surface area contributed by atoms with Gasteiger partial charge in [0, 0.05) is 48.3 Å². The number of methoxy groups -OCH3 is 2. The number of hydrogen-bond donors (Lipinski definition) is 2. The summed E-state index contributed by atoms with van der Waals surface area (Å²) in [5.41, 5.74) is 1.33. The lowest BCUT2D eigenvalue weighted by atomic mass is 10.2. The van der Waals surface area contributed by atoms with Gasteiger partial charge < -0.3 is 14.8 Å². The van der Waals surface area contributed by atoms with Crippen molar-refractivity contribution in [3.63, 3.8) is 0 Å². The Bertz CT molecular complexity index is 981. The number of sulfonamides is 1. The monoisotopic (exact) mass is 440 g/mol. The first-order chi connectivity index (χ1) is 13.7. The van der Waals surface area contributed by atoms with Gasteiger partial charge in [0.1, 0.15) is 11.5 Å². The summed E-state index contributed by atoms with van der Waals surface area (Å²) in [5, 5.41) is 5.38. The minimum absolute atomic E-state index is 0.282. The third kappa shape index (κ3) is 4.80. The molecule has 1 aromatic heterocycles. The molecule has 9 nitrogen and oxygen atoms in total. The molecule has 0 atom stereocenters. The third-order valence-electron chi connectivity index (χ3n) is 4.48. The molecule has 11 heteroatoms. The number of rotatable bonds is 6. The number of hydrogen-bond acceptors (Lipinski definition) is 7. The quantitative estimate of drug-likeness (QED) is 0.715. The third-order valence-corrected chi connectivity index (χ3v) is 7.70. The van der Waals surface area contributed by atoms with Crippen molar-refractivity contribution in [1.29, 1.82) is 0 Å². The summed E-state index contributed by atoms with van der Waals surface area (Å²) in [6.45, 7) is 4.02. The molecule has 0 aliphatic carbocycles. The second kappa shape index (κ2) is 8.56.